The van der Waals surface area contributed by atoms with Crippen molar-refractivity contribution in [2.45, 2.75) is 50.0 Å². The molecule has 1 fully saturated rings. The average Bonchev–Trinajstić information content (AvgIpc) is 2.97. The highest BCUT2D eigenvalue weighted by atomic mass is 32.2. The van der Waals surface area contributed by atoms with E-state index < -0.39 is 0 Å². The Balaban J connectivity index is 1.66. The van der Waals surface area contributed by atoms with Crippen LogP contribution < -0.4 is 11.1 Å². The summed E-state index contributed by atoms with van der Waals surface area (Å²) in [7, 11) is 0. The third kappa shape index (κ3) is 5.58. The molecule has 1 amide bonds. The van der Waals surface area contributed by atoms with Crippen molar-refractivity contribution in [3.05, 3.63) is 36.2 Å². The maximum Gasteiger partial charge on any atom is 0.235 e. The maximum absolute atomic E-state index is 12.8. The van der Waals surface area contributed by atoms with Gasteiger partial charge in [0.1, 0.15) is 5.82 Å². The molecule has 2 atom stereocenters. The van der Waals surface area contributed by atoms with Crippen molar-refractivity contribution >= 4 is 35.3 Å². The van der Waals surface area contributed by atoms with Crippen molar-refractivity contribution in [3.63, 3.8) is 0 Å². The normalized spacial score (nSPS) is 16.9. The summed E-state index contributed by atoms with van der Waals surface area (Å²) >= 11 is 1.56. The van der Waals surface area contributed by atoms with Crippen LogP contribution in [0.25, 0.3) is 0 Å². The monoisotopic (exact) mass is 400 g/mol. The van der Waals surface area contributed by atoms with Gasteiger partial charge in [0.25, 0.3) is 0 Å². The molecule has 0 bridgehead atoms. The number of nitrogens with one attached hydrogen (secondary N) is 1. The minimum absolute atomic E-state index is 0.0763. The van der Waals surface area contributed by atoms with Gasteiger partial charge in [-0.1, -0.05) is 31.0 Å². The lowest BCUT2D eigenvalue weighted by molar-refractivity contribution is -0.130. The zero-order chi connectivity index (χ0) is 19.9. The molecule has 1 aromatic heterocycles. The number of hydrogen-bond donors (Lipinski definition) is 2. The molecule has 1 aliphatic heterocycles. The van der Waals surface area contributed by atoms with Crippen molar-refractivity contribution in [3.8, 4) is 0 Å². The number of carbonyl (C=O) groups is 1. The van der Waals surface area contributed by atoms with Crippen LogP contribution in [0.15, 0.2) is 30.3 Å². The molecule has 0 radical (unpaired) electrons. The number of benzene rings is 1. The fourth-order valence-electron chi connectivity index (χ4n) is 3.27. The van der Waals surface area contributed by atoms with Crippen LogP contribution in [-0.4, -0.2) is 44.1 Å². The van der Waals surface area contributed by atoms with E-state index in [9.17, 15) is 4.79 Å². The molecule has 0 saturated carbocycles. The first-order valence-corrected chi connectivity index (χ1v) is 10.7. The van der Waals surface area contributed by atoms with E-state index in [1.54, 1.807) is 11.8 Å². The van der Waals surface area contributed by atoms with Crippen molar-refractivity contribution < 1.29 is 4.79 Å². The van der Waals surface area contributed by atoms with Gasteiger partial charge in [0.05, 0.1) is 10.5 Å². The summed E-state index contributed by atoms with van der Waals surface area (Å²) in [5, 5.41) is 2.92. The highest BCUT2D eigenvalue weighted by molar-refractivity contribution is 8.00. The first-order chi connectivity index (χ1) is 13.5. The quantitative estimate of drug-likeness (QED) is 0.761. The highest BCUT2D eigenvalue weighted by Crippen LogP contribution is 2.31. The van der Waals surface area contributed by atoms with Crippen molar-refractivity contribution in [2.24, 2.45) is 0 Å². The minimum atomic E-state index is -0.156. The van der Waals surface area contributed by atoms with Crippen molar-refractivity contribution in [1.82, 2.24) is 19.9 Å². The van der Waals surface area contributed by atoms with Gasteiger partial charge in [-0.25, -0.2) is 0 Å². The number of anilines is 3. The fraction of sp³-hybridized carbons (Fsp3) is 0.500. The van der Waals surface area contributed by atoms with E-state index in [1.165, 1.54) is 12.8 Å². The number of carbonyl (C=O) groups excluding carboxylic acids is 1. The van der Waals surface area contributed by atoms with Gasteiger partial charge in [-0.15, -0.1) is 11.8 Å². The second-order valence-electron chi connectivity index (χ2n) is 7.03. The number of rotatable bonds is 6. The van der Waals surface area contributed by atoms with E-state index in [2.05, 4.69) is 20.3 Å². The van der Waals surface area contributed by atoms with Crippen LogP contribution in [0.5, 0.6) is 0 Å². The van der Waals surface area contributed by atoms with Crippen molar-refractivity contribution in [1.29, 1.82) is 0 Å². The Hall–Kier alpha value is -2.35. The van der Waals surface area contributed by atoms with E-state index >= 15 is 0 Å². The van der Waals surface area contributed by atoms with E-state index in [0.29, 0.717) is 11.8 Å². The number of thioether (sulfide) groups is 1. The number of amides is 1. The van der Waals surface area contributed by atoms with Gasteiger partial charge in [-0.2, -0.15) is 15.0 Å². The molecule has 150 valence electrons. The molecule has 0 spiro atoms. The van der Waals surface area contributed by atoms with E-state index in [0.717, 1.165) is 31.6 Å². The van der Waals surface area contributed by atoms with Crippen LogP contribution in [0.3, 0.4) is 0 Å². The molecule has 2 aromatic rings. The summed E-state index contributed by atoms with van der Waals surface area (Å²) < 4.78 is 0. The summed E-state index contributed by atoms with van der Waals surface area (Å²) in [6.07, 6.45) is 4.61. The third-order valence-electron chi connectivity index (χ3n) is 4.74. The Bertz CT molecular complexity index is 780. The summed E-state index contributed by atoms with van der Waals surface area (Å²) in [4.78, 5) is 27.8. The zero-order valence-corrected chi connectivity index (χ0v) is 17.3. The van der Waals surface area contributed by atoms with E-state index in [1.807, 2.05) is 49.1 Å². The van der Waals surface area contributed by atoms with Gasteiger partial charge in [0, 0.05) is 18.8 Å². The molecular weight excluding hydrogens is 372 g/mol. The molecular formula is C20H28N6OS. The smallest absolute Gasteiger partial charge is 0.235 e. The number of nitrogens with two attached hydrogens (primary N) is 1. The second kappa shape index (κ2) is 9.73. The van der Waals surface area contributed by atoms with Gasteiger partial charge < -0.3 is 16.0 Å². The van der Waals surface area contributed by atoms with Crippen LogP contribution in [0.2, 0.25) is 0 Å². The molecule has 0 unspecified atom stereocenters. The molecule has 8 heteroatoms. The number of para-hydroxylation sites is 1. The molecule has 3 N–H and O–H groups in total. The lowest BCUT2D eigenvalue weighted by Crippen LogP contribution is -2.37. The largest absolute Gasteiger partial charge is 0.368 e. The van der Waals surface area contributed by atoms with E-state index in [-0.39, 0.29) is 22.4 Å². The lowest BCUT2D eigenvalue weighted by atomic mass is 10.2. The van der Waals surface area contributed by atoms with Gasteiger partial charge in [0.2, 0.25) is 17.8 Å². The summed E-state index contributed by atoms with van der Waals surface area (Å²) in [5.74, 6) is 1.35. The summed E-state index contributed by atoms with van der Waals surface area (Å²) in [6, 6.07) is 9.67. The van der Waals surface area contributed by atoms with Crippen LogP contribution in [0, 0.1) is 0 Å². The molecule has 1 aromatic carbocycles. The lowest BCUT2D eigenvalue weighted by Gasteiger charge is -2.25. The van der Waals surface area contributed by atoms with Crippen LogP contribution in [-0.2, 0) is 4.79 Å². The molecule has 1 aliphatic rings. The van der Waals surface area contributed by atoms with E-state index in [4.69, 9.17) is 5.73 Å². The Morgan fingerprint density at radius 3 is 2.43 bits per heavy atom. The number of nitrogens with zero attached hydrogens (tertiary/aromatic N) is 4. The van der Waals surface area contributed by atoms with Gasteiger partial charge >= 0.3 is 0 Å². The number of hydrogen-bond acceptors (Lipinski definition) is 7. The third-order valence-corrected chi connectivity index (χ3v) is 5.97. The van der Waals surface area contributed by atoms with Crippen LogP contribution in [0.4, 0.5) is 17.6 Å². The molecule has 2 heterocycles. The first-order valence-electron chi connectivity index (χ1n) is 9.80. The van der Waals surface area contributed by atoms with Crippen molar-refractivity contribution in [2.75, 3.05) is 24.1 Å². The van der Waals surface area contributed by atoms with Gasteiger partial charge in [-0.3, -0.25) is 4.79 Å². The second-order valence-corrected chi connectivity index (χ2v) is 8.71. The Kier molecular flexibility index (Phi) is 7.08. The Morgan fingerprint density at radius 1 is 1.07 bits per heavy atom. The Morgan fingerprint density at radius 2 is 1.75 bits per heavy atom. The molecule has 28 heavy (non-hydrogen) atoms. The number of aromatic nitrogens is 3. The fourth-order valence-corrected chi connectivity index (χ4v) is 4.38. The Labute approximate surface area is 170 Å². The average molecular weight is 401 g/mol. The van der Waals surface area contributed by atoms with Gasteiger partial charge in [-0.05, 0) is 38.8 Å². The predicted octanol–water partition coefficient (Wildman–Crippen LogP) is 3.78. The number of likely N-dealkylation sites (tertiary alicyclic amines) is 1. The predicted molar refractivity (Wildman–Crippen MR) is 114 cm³/mol. The minimum Gasteiger partial charge on any atom is -0.368 e. The summed E-state index contributed by atoms with van der Waals surface area (Å²) in [5.41, 5.74) is 6.77. The molecule has 3 rings (SSSR count). The summed E-state index contributed by atoms with van der Waals surface area (Å²) in [6.45, 7) is 5.68. The number of nitrogen functional groups attached to an aromatic ring is 1. The first kappa shape index (κ1) is 20.4. The standard InChI is InChI=1S/C20H28N6OS/c1-14(28-15(2)18(27)26-12-8-3-4-9-13-26)17-23-19(21)25-20(24-17)22-16-10-6-5-7-11-16/h5-7,10-11,14-15H,3-4,8-9,12-13H2,1-2H3,(H3,21,22,23,24,25)/t14-,15-/m1/s1. The van der Waals surface area contributed by atoms with Crippen LogP contribution in [0.1, 0.15) is 50.6 Å². The van der Waals surface area contributed by atoms with Crippen LogP contribution >= 0.6 is 11.8 Å². The topological polar surface area (TPSA) is 97.0 Å². The maximum atomic E-state index is 12.8. The zero-order valence-electron chi connectivity index (χ0n) is 16.5. The molecule has 0 aliphatic carbocycles. The highest BCUT2D eigenvalue weighted by Gasteiger charge is 2.25. The SMILES string of the molecule is C[C@@H](S[C@H](C)c1nc(N)nc(Nc2ccccc2)n1)C(=O)N1CCCCCC1. The van der Waals surface area contributed by atoms with Gasteiger partial charge in [0.15, 0.2) is 0 Å². The molecule has 7 nitrogen and oxygen atoms in total. The molecule has 1 saturated heterocycles.